The van der Waals surface area contributed by atoms with Crippen LogP contribution in [0.5, 0.6) is 0 Å². The van der Waals surface area contributed by atoms with Crippen molar-refractivity contribution in [2.24, 2.45) is 0 Å². The molecule has 2 aromatic carbocycles. The van der Waals surface area contributed by atoms with Crippen molar-refractivity contribution < 1.29 is 27.8 Å². The summed E-state index contributed by atoms with van der Waals surface area (Å²) in [5.41, 5.74) is 0.757. The van der Waals surface area contributed by atoms with E-state index in [0.717, 1.165) is 12.1 Å². The summed E-state index contributed by atoms with van der Waals surface area (Å²) in [6, 6.07) is 11.8. The summed E-state index contributed by atoms with van der Waals surface area (Å²) >= 11 is 0. The number of ether oxygens (including phenoxy) is 1. The number of rotatable bonds is 9. The molecule has 0 atom stereocenters. The molecule has 0 radical (unpaired) electrons. The van der Waals surface area contributed by atoms with Gasteiger partial charge in [0.05, 0.1) is 31.8 Å². The molecule has 0 aliphatic rings. The number of para-hydroxylation sites is 1. The molecule has 0 saturated heterocycles. The zero-order chi connectivity index (χ0) is 19.7. The number of nitrogens with one attached hydrogen (secondary N) is 2. The van der Waals surface area contributed by atoms with Crippen molar-refractivity contribution in [1.29, 1.82) is 0 Å². The number of hydrogen-bond acceptors (Lipinski definition) is 4. The van der Waals surface area contributed by atoms with Gasteiger partial charge in [-0.2, -0.15) is 13.2 Å². The third kappa shape index (κ3) is 6.92. The Labute approximate surface area is 155 Å². The molecule has 0 bridgehead atoms. The molecule has 0 unspecified atom stereocenters. The van der Waals surface area contributed by atoms with Gasteiger partial charge in [-0.05, 0) is 29.8 Å². The van der Waals surface area contributed by atoms with Crippen LogP contribution in [0.15, 0.2) is 48.5 Å². The number of aliphatic hydroxyl groups excluding tert-OH is 1. The Morgan fingerprint density at radius 3 is 2.59 bits per heavy atom. The van der Waals surface area contributed by atoms with Crippen LogP contribution in [-0.2, 0) is 22.1 Å². The van der Waals surface area contributed by atoms with E-state index >= 15 is 0 Å². The molecule has 0 aromatic heterocycles. The van der Waals surface area contributed by atoms with Gasteiger partial charge in [0.2, 0.25) is 5.91 Å². The summed E-state index contributed by atoms with van der Waals surface area (Å²) in [5.74, 6) is -0.235. The smallest absolute Gasteiger partial charge is 0.394 e. The number of hydrogen-bond donors (Lipinski definition) is 3. The first-order valence-electron chi connectivity index (χ1n) is 8.37. The van der Waals surface area contributed by atoms with Crippen LogP contribution in [0.3, 0.4) is 0 Å². The average molecular weight is 382 g/mol. The molecule has 0 aliphatic heterocycles. The number of halogens is 3. The highest BCUT2D eigenvalue weighted by molar-refractivity contribution is 5.81. The maximum absolute atomic E-state index is 12.8. The molecule has 146 valence electrons. The number of carbonyl (C=O) groups is 1. The van der Waals surface area contributed by atoms with E-state index in [4.69, 9.17) is 9.84 Å². The van der Waals surface area contributed by atoms with E-state index in [2.05, 4.69) is 10.6 Å². The Morgan fingerprint density at radius 2 is 1.85 bits per heavy atom. The van der Waals surface area contributed by atoms with Gasteiger partial charge in [-0.15, -0.1) is 0 Å². The molecule has 1 amide bonds. The molecular formula is C19H21F3N2O3. The van der Waals surface area contributed by atoms with E-state index in [-0.39, 0.29) is 37.8 Å². The number of benzene rings is 2. The van der Waals surface area contributed by atoms with Crippen LogP contribution in [0.25, 0.3) is 0 Å². The maximum atomic E-state index is 12.8. The maximum Gasteiger partial charge on any atom is 0.416 e. The number of anilines is 2. The molecule has 27 heavy (non-hydrogen) atoms. The Balaban J connectivity index is 2.00. The second kappa shape index (κ2) is 9.94. The number of alkyl halides is 3. The fraction of sp³-hybridized carbons (Fsp3) is 0.316. The topological polar surface area (TPSA) is 70.6 Å². The molecule has 3 N–H and O–H groups in total. The van der Waals surface area contributed by atoms with E-state index < -0.39 is 11.7 Å². The summed E-state index contributed by atoms with van der Waals surface area (Å²) in [7, 11) is 0. The molecule has 0 spiro atoms. The summed E-state index contributed by atoms with van der Waals surface area (Å²) in [4.78, 5) is 12.0. The zero-order valence-corrected chi connectivity index (χ0v) is 14.6. The molecule has 0 aliphatic carbocycles. The van der Waals surface area contributed by atoms with Gasteiger partial charge in [0.25, 0.3) is 0 Å². The Bertz CT molecular complexity index is 751. The lowest BCUT2D eigenvalue weighted by Crippen LogP contribution is -2.29. The fourth-order valence-corrected chi connectivity index (χ4v) is 2.39. The lowest BCUT2D eigenvalue weighted by Gasteiger charge is -2.14. The first-order valence-corrected chi connectivity index (χ1v) is 8.37. The van der Waals surface area contributed by atoms with Crippen molar-refractivity contribution in [3.05, 3.63) is 59.7 Å². The van der Waals surface area contributed by atoms with Crippen LogP contribution in [0.1, 0.15) is 11.1 Å². The number of carbonyl (C=O) groups excluding carboxylic acids is 1. The lowest BCUT2D eigenvalue weighted by atomic mass is 10.1. The highest BCUT2D eigenvalue weighted by Gasteiger charge is 2.30. The number of amides is 1. The molecule has 0 heterocycles. The molecule has 2 rings (SSSR count). The Hall–Kier alpha value is -2.58. The van der Waals surface area contributed by atoms with Gasteiger partial charge in [-0.3, -0.25) is 4.79 Å². The number of aliphatic hydroxyl groups is 1. The highest BCUT2D eigenvalue weighted by atomic mass is 19.4. The molecular weight excluding hydrogens is 361 g/mol. The molecule has 2 aromatic rings. The predicted octanol–water partition coefficient (Wildman–Crippen LogP) is 3.12. The second-order valence-corrected chi connectivity index (χ2v) is 5.72. The van der Waals surface area contributed by atoms with Crippen LogP contribution in [0.4, 0.5) is 24.5 Å². The van der Waals surface area contributed by atoms with Crippen molar-refractivity contribution in [3.8, 4) is 0 Å². The summed E-state index contributed by atoms with van der Waals surface area (Å²) < 4.78 is 43.6. The summed E-state index contributed by atoms with van der Waals surface area (Å²) in [6.45, 7) is 0.723. The molecule has 5 nitrogen and oxygen atoms in total. The van der Waals surface area contributed by atoms with Gasteiger partial charge in [-0.1, -0.05) is 24.3 Å². The normalized spacial score (nSPS) is 11.3. The van der Waals surface area contributed by atoms with Crippen LogP contribution in [0, 0.1) is 0 Å². The van der Waals surface area contributed by atoms with E-state index in [9.17, 15) is 18.0 Å². The van der Waals surface area contributed by atoms with Crippen LogP contribution < -0.4 is 10.6 Å². The summed E-state index contributed by atoms with van der Waals surface area (Å²) in [5, 5.41) is 14.2. The van der Waals surface area contributed by atoms with Gasteiger partial charge < -0.3 is 20.5 Å². The third-order valence-corrected chi connectivity index (χ3v) is 3.64. The van der Waals surface area contributed by atoms with E-state index in [1.165, 1.54) is 12.1 Å². The summed E-state index contributed by atoms with van der Waals surface area (Å²) in [6.07, 6.45) is -4.35. The van der Waals surface area contributed by atoms with Crippen LogP contribution in [0.2, 0.25) is 0 Å². The second-order valence-electron chi connectivity index (χ2n) is 5.72. The first-order chi connectivity index (χ1) is 12.9. The van der Waals surface area contributed by atoms with Crippen molar-refractivity contribution in [1.82, 2.24) is 5.32 Å². The minimum Gasteiger partial charge on any atom is -0.394 e. The van der Waals surface area contributed by atoms with Crippen molar-refractivity contribution >= 4 is 17.3 Å². The molecule has 0 fully saturated rings. The Morgan fingerprint density at radius 1 is 1.07 bits per heavy atom. The van der Waals surface area contributed by atoms with E-state index in [0.29, 0.717) is 17.8 Å². The van der Waals surface area contributed by atoms with Crippen molar-refractivity contribution in [2.45, 2.75) is 12.6 Å². The monoisotopic (exact) mass is 382 g/mol. The van der Waals surface area contributed by atoms with Crippen molar-refractivity contribution in [2.75, 3.05) is 31.7 Å². The van der Waals surface area contributed by atoms with Gasteiger partial charge in [0, 0.05) is 17.9 Å². The predicted molar refractivity (Wildman–Crippen MR) is 95.8 cm³/mol. The SMILES string of the molecule is O=C(Cc1ccccc1Nc1cccc(C(F)(F)F)c1)NCCOCCO. The van der Waals surface area contributed by atoms with Crippen molar-refractivity contribution in [3.63, 3.8) is 0 Å². The lowest BCUT2D eigenvalue weighted by molar-refractivity contribution is -0.137. The fourth-order valence-electron chi connectivity index (χ4n) is 2.39. The highest BCUT2D eigenvalue weighted by Crippen LogP contribution is 2.31. The van der Waals surface area contributed by atoms with Gasteiger partial charge in [0.1, 0.15) is 0 Å². The zero-order valence-electron chi connectivity index (χ0n) is 14.6. The van der Waals surface area contributed by atoms with Crippen LogP contribution >= 0.6 is 0 Å². The minimum absolute atomic E-state index is 0.0716. The van der Waals surface area contributed by atoms with E-state index in [1.807, 2.05) is 0 Å². The standard InChI is InChI=1S/C19H21F3N2O3/c20-19(21,22)15-5-3-6-16(13-15)24-17-7-2-1-4-14(17)12-18(26)23-8-10-27-11-9-25/h1-7,13,24-25H,8-12H2,(H,23,26). The quantitative estimate of drug-likeness (QED) is 0.583. The van der Waals surface area contributed by atoms with Crippen LogP contribution in [-0.4, -0.2) is 37.4 Å². The third-order valence-electron chi connectivity index (χ3n) is 3.64. The minimum atomic E-state index is -4.42. The Kier molecular flexibility index (Phi) is 7.63. The average Bonchev–Trinajstić information content (AvgIpc) is 2.63. The van der Waals surface area contributed by atoms with Gasteiger partial charge in [0.15, 0.2) is 0 Å². The van der Waals surface area contributed by atoms with Gasteiger partial charge in [-0.25, -0.2) is 0 Å². The largest absolute Gasteiger partial charge is 0.416 e. The first kappa shape index (κ1) is 20.7. The molecule has 8 heteroatoms. The molecule has 0 saturated carbocycles. The van der Waals surface area contributed by atoms with Gasteiger partial charge >= 0.3 is 6.18 Å². The van der Waals surface area contributed by atoms with E-state index in [1.54, 1.807) is 24.3 Å².